The number of hydrogen-bond donors (Lipinski definition) is 2. The van der Waals surface area contributed by atoms with Gasteiger partial charge in [0, 0.05) is 6.54 Å². The lowest BCUT2D eigenvalue weighted by Gasteiger charge is -2.09. The van der Waals surface area contributed by atoms with E-state index in [2.05, 4.69) is 20.8 Å². The molecule has 0 aliphatic rings. The second kappa shape index (κ2) is 6.28. The Labute approximate surface area is 97.0 Å². The van der Waals surface area contributed by atoms with Gasteiger partial charge >= 0.3 is 6.09 Å². The van der Waals surface area contributed by atoms with Crippen molar-refractivity contribution in [3.05, 3.63) is 0 Å². The standard InChI is InChI=1S/C7H14N6O2S/c1-12(2)3-4-13-6(9-10-11-13)16-5-8-7(14)15/h8H,3-5H2,1-2H3,(H,14,15). The Morgan fingerprint density at radius 1 is 1.62 bits per heavy atom. The van der Waals surface area contributed by atoms with Crippen LogP contribution in [-0.4, -0.2) is 62.8 Å². The monoisotopic (exact) mass is 246 g/mol. The first-order valence-electron chi connectivity index (χ1n) is 4.60. The van der Waals surface area contributed by atoms with Gasteiger partial charge in [0.1, 0.15) is 0 Å². The van der Waals surface area contributed by atoms with E-state index in [1.165, 1.54) is 11.8 Å². The minimum absolute atomic E-state index is 0.234. The first-order valence-corrected chi connectivity index (χ1v) is 5.58. The van der Waals surface area contributed by atoms with Crippen LogP contribution in [-0.2, 0) is 6.54 Å². The van der Waals surface area contributed by atoms with E-state index in [1.807, 2.05) is 19.0 Å². The van der Waals surface area contributed by atoms with E-state index in [-0.39, 0.29) is 5.88 Å². The molecule has 1 amide bonds. The van der Waals surface area contributed by atoms with Gasteiger partial charge in [0.15, 0.2) is 0 Å². The molecule has 0 aliphatic carbocycles. The molecule has 0 atom stereocenters. The Morgan fingerprint density at radius 2 is 2.38 bits per heavy atom. The summed E-state index contributed by atoms with van der Waals surface area (Å²) >= 11 is 1.25. The fourth-order valence-electron chi connectivity index (χ4n) is 0.897. The number of tetrazole rings is 1. The van der Waals surface area contributed by atoms with Crippen LogP contribution in [0, 0.1) is 0 Å². The summed E-state index contributed by atoms with van der Waals surface area (Å²) in [5.74, 6) is 0.234. The molecule has 90 valence electrons. The highest BCUT2D eigenvalue weighted by Crippen LogP contribution is 2.11. The highest BCUT2D eigenvalue weighted by Gasteiger charge is 2.07. The first-order chi connectivity index (χ1) is 7.59. The summed E-state index contributed by atoms with van der Waals surface area (Å²) in [4.78, 5) is 12.3. The van der Waals surface area contributed by atoms with E-state index >= 15 is 0 Å². The summed E-state index contributed by atoms with van der Waals surface area (Å²) in [6, 6.07) is 0. The zero-order valence-electron chi connectivity index (χ0n) is 9.12. The van der Waals surface area contributed by atoms with Gasteiger partial charge in [-0.05, 0) is 24.5 Å². The normalized spacial score (nSPS) is 10.7. The summed E-state index contributed by atoms with van der Waals surface area (Å²) in [5.41, 5.74) is 0. The van der Waals surface area contributed by atoms with Crippen LogP contribution in [0.1, 0.15) is 0 Å². The Balaban J connectivity index is 2.40. The van der Waals surface area contributed by atoms with Gasteiger partial charge < -0.3 is 15.3 Å². The number of likely N-dealkylation sites (N-methyl/N-ethyl adjacent to an activating group) is 1. The molecular weight excluding hydrogens is 232 g/mol. The van der Waals surface area contributed by atoms with Crippen molar-refractivity contribution in [3.63, 3.8) is 0 Å². The number of rotatable bonds is 6. The van der Waals surface area contributed by atoms with Crippen LogP contribution < -0.4 is 5.32 Å². The number of thioether (sulfide) groups is 1. The lowest BCUT2D eigenvalue weighted by atomic mass is 10.6. The van der Waals surface area contributed by atoms with Gasteiger partial charge in [-0.25, -0.2) is 9.48 Å². The van der Waals surface area contributed by atoms with Crippen LogP contribution in [0.5, 0.6) is 0 Å². The molecule has 0 radical (unpaired) electrons. The predicted octanol–water partition coefficient (Wildman–Crippen LogP) is -0.448. The molecule has 0 fully saturated rings. The Morgan fingerprint density at radius 3 is 3.00 bits per heavy atom. The molecule has 0 saturated heterocycles. The second-order valence-electron chi connectivity index (χ2n) is 3.26. The SMILES string of the molecule is CN(C)CCn1nnnc1SCNC(=O)O. The van der Waals surface area contributed by atoms with Crippen LogP contribution in [0.25, 0.3) is 0 Å². The van der Waals surface area contributed by atoms with Gasteiger partial charge in [0.2, 0.25) is 5.16 Å². The number of nitrogens with one attached hydrogen (secondary N) is 1. The molecule has 1 aromatic heterocycles. The van der Waals surface area contributed by atoms with Crippen molar-refractivity contribution >= 4 is 17.9 Å². The molecule has 0 saturated carbocycles. The average molecular weight is 246 g/mol. The van der Waals surface area contributed by atoms with Gasteiger partial charge in [-0.3, -0.25) is 0 Å². The minimum atomic E-state index is -1.06. The Kier molecular flexibility index (Phi) is 4.99. The summed E-state index contributed by atoms with van der Waals surface area (Å²) in [6.45, 7) is 1.50. The molecule has 1 heterocycles. The van der Waals surface area contributed by atoms with E-state index in [9.17, 15) is 4.79 Å². The molecule has 0 bridgehead atoms. The molecule has 0 unspecified atom stereocenters. The maximum atomic E-state index is 10.2. The molecule has 9 heteroatoms. The zero-order chi connectivity index (χ0) is 12.0. The zero-order valence-corrected chi connectivity index (χ0v) is 9.94. The van der Waals surface area contributed by atoms with Crippen molar-refractivity contribution in [2.45, 2.75) is 11.7 Å². The molecule has 1 aromatic rings. The van der Waals surface area contributed by atoms with E-state index in [1.54, 1.807) is 4.68 Å². The van der Waals surface area contributed by atoms with Gasteiger partial charge in [-0.15, -0.1) is 5.10 Å². The number of carboxylic acid groups (broad SMARTS) is 1. The van der Waals surface area contributed by atoms with Crippen molar-refractivity contribution in [2.75, 3.05) is 26.5 Å². The van der Waals surface area contributed by atoms with E-state index in [4.69, 9.17) is 5.11 Å². The van der Waals surface area contributed by atoms with Gasteiger partial charge in [-0.2, -0.15) is 0 Å². The number of aromatic nitrogens is 4. The van der Waals surface area contributed by atoms with E-state index in [0.717, 1.165) is 6.54 Å². The fourth-order valence-corrected chi connectivity index (χ4v) is 1.59. The van der Waals surface area contributed by atoms with Gasteiger partial charge in [-0.1, -0.05) is 11.8 Å². The quantitative estimate of drug-likeness (QED) is 0.518. The maximum Gasteiger partial charge on any atom is 0.405 e. The molecule has 0 spiro atoms. The molecule has 2 N–H and O–H groups in total. The average Bonchev–Trinajstić information content (AvgIpc) is 2.62. The van der Waals surface area contributed by atoms with Crippen molar-refractivity contribution < 1.29 is 9.90 Å². The molecular formula is C7H14N6O2S. The fraction of sp³-hybridized carbons (Fsp3) is 0.714. The third-order valence-electron chi connectivity index (χ3n) is 1.68. The van der Waals surface area contributed by atoms with Crippen LogP contribution in [0.15, 0.2) is 5.16 Å². The topological polar surface area (TPSA) is 96.2 Å². The third kappa shape index (κ3) is 4.45. The lowest BCUT2D eigenvalue weighted by Crippen LogP contribution is -2.21. The number of amides is 1. The lowest BCUT2D eigenvalue weighted by molar-refractivity contribution is 0.196. The van der Waals surface area contributed by atoms with Gasteiger partial charge in [0.25, 0.3) is 0 Å². The molecule has 1 rings (SSSR count). The molecule has 8 nitrogen and oxygen atoms in total. The largest absolute Gasteiger partial charge is 0.465 e. The molecule has 0 aromatic carbocycles. The van der Waals surface area contributed by atoms with Crippen molar-refractivity contribution in [2.24, 2.45) is 0 Å². The van der Waals surface area contributed by atoms with Crippen molar-refractivity contribution in [1.29, 1.82) is 0 Å². The molecule has 0 aliphatic heterocycles. The first kappa shape index (κ1) is 12.7. The second-order valence-corrected chi connectivity index (χ2v) is 4.20. The smallest absolute Gasteiger partial charge is 0.405 e. The Hall–Kier alpha value is -1.35. The minimum Gasteiger partial charge on any atom is -0.465 e. The van der Waals surface area contributed by atoms with E-state index < -0.39 is 6.09 Å². The number of hydrogen-bond acceptors (Lipinski definition) is 6. The van der Waals surface area contributed by atoms with Crippen LogP contribution in [0.2, 0.25) is 0 Å². The van der Waals surface area contributed by atoms with Crippen molar-refractivity contribution in [1.82, 2.24) is 30.4 Å². The van der Waals surface area contributed by atoms with E-state index in [0.29, 0.717) is 11.7 Å². The number of nitrogens with zero attached hydrogens (tertiary/aromatic N) is 5. The Bertz CT molecular complexity index is 341. The summed E-state index contributed by atoms with van der Waals surface area (Å²) in [6.07, 6.45) is -1.06. The van der Waals surface area contributed by atoms with Crippen LogP contribution in [0.3, 0.4) is 0 Å². The summed E-state index contributed by atoms with van der Waals surface area (Å²) in [5, 5.41) is 22.4. The maximum absolute atomic E-state index is 10.2. The van der Waals surface area contributed by atoms with Crippen molar-refractivity contribution in [3.8, 4) is 0 Å². The van der Waals surface area contributed by atoms with Crippen LogP contribution >= 0.6 is 11.8 Å². The van der Waals surface area contributed by atoms with Gasteiger partial charge in [0.05, 0.1) is 12.4 Å². The number of carbonyl (C=O) groups is 1. The summed E-state index contributed by atoms with van der Waals surface area (Å²) in [7, 11) is 3.92. The summed E-state index contributed by atoms with van der Waals surface area (Å²) < 4.78 is 1.65. The molecule has 16 heavy (non-hydrogen) atoms. The van der Waals surface area contributed by atoms with Crippen LogP contribution in [0.4, 0.5) is 4.79 Å². The highest BCUT2D eigenvalue weighted by atomic mass is 32.2. The predicted molar refractivity (Wildman–Crippen MR) is 58.3 cm³/mol. The highest BCUT2D eigenvalue weighted by molar-refractivity contribution is 7.99. The third-order valence-corrected chi connectivity index (χ3v) is 2.52.